The number of carbonyl (C=O) groups is 2. The summed E-state index contributed by atoms with van der Waals surface area (Å²) in [6.45, 7) is 6.32. The first-order chi connectivity index (χ1) is 16.7. The molecule has 1 aromatic carbocycles. The van der Waals surface area contributed by atoms with E-state index < -0.39 is 34.8 Å². The van der Waals surface area contributed by atoms with Crippen LogP contribution in [-0.2, 0) is 10.9 Å². The van der Waals surface area contributed by atoms with Crippen LogP contribution in [0.3, 0.4) is 0 Å². The van der Waals surface area contributed by atoms with Gasteiger partial charge in [-0.25, -0.2) is 20.6 Å². The Balaban J connectivity index is 1.94. The number of thiazole rings is 1. The number of ether oxygens (including phenoxy) is 1. The molecule has 1 aliphatic heterocycles. The van der Waals surface area contributed by atoms with Gasteiger partial charge < -0.3 is 19.4 Å². The molecule has 0 radical (unpaired) electrons. The lowest BCUT2D eigenvalue weighted by Crippen LogP contribution is -2.59. The Morgan fingerprint density at radius 2 is 1.81 bits per heavy atom. The first kappa shape index (κ1) is 27.7. The zero-order valence-electron chi connectivity index (χ0n) is 20.9. The van der Waals surface area contributed by atoms with Gasteiger partial charge in [0.2, 0.25) is 5.01 Å². The highest BCUT2D eigenvalue weighted by atomic mass is 32.1. The molecule has 1 unspecified atom stereocenters. The van der Waals surface area contributed by atoms with Gasteiger partial charge in [0.25, 0.3) is 5.91 Å². The number of alkyl halides is 3. The summed E-state index contributed by atoms with van der Waals surface area (Å²) in [5.74, 6) is 5.11. The minimum absolute atomic E-state index is 0.0614. The van der Waals surface area contributed by atoms with Gasteiger partial charge in [-0.1, -0.05) is 29.5 Å². The molecule has 1 atom stereocenters. The number of nitrogens with zero attached hydrogens (tertiary/aromatic N) is 5. The van der Waals surface area contributed by atoms with E-state index in [1.165, 1.54) is 0 Å². The van der Waals surface area contributed by atoms with E-state index in [9.17, 15) is 22.8 Å². The Morgan fingerprint density at radius 1 is 1.17 bits per heavy atom. The molecule has 3 rings (SSSR count). The van der Waals surface area contributed by atoms with Crippen LogP contribution in [0.5, 0.6) is 0 Å². The molecular weight excluding hydrogens is 497 g/mol. The van der Waals surface area contributed by atoms with E-state index in [0.717, 1.165) is 5.01 Å². The second kappa shape index (κ2) is 10.6. The average molecular weight is 529 g/mol. The first-order valence-corrected chi connectivity index (χ1v) is 12.1. The third-order valence-corrected chi connectivity index (χ3v) is 6.44. The van der Waals surface area contributed by atoms with E-state index in [1.807, 2.05) is 19.0 Å². The third-order valence-electron chi connectivity index (χ3n) is 5.28. The second-order valence-corrected chi connectivity index (χ2v) is 10.7. The van der Waals surface area contributed by atoms with Crippen molar-refractivity contribution in [2.75, 3.05) is 50.2 Å². The maximum Gasteiger partial charge on any atom is 0.443 e. The largest absolute Gasteiger partial charge is 0.444 e. The zero-order chi connectivity index (χ0) is 26.8. The van der Waals surface area contributed by atoms with Crippen LogP contribution in [0.4, 0.5) is 28.7 Å². The fourth-order valence-electron chi connectivity index (χ4n) is 3.79. The van der Waals surface area contributed by atoms with Gasteiger partial charge >= 0.3 is 12.3 Å². The highest BCUT2D eigenvalue weighted by Gasteiger charge is 2.41. The number of rotatable bonds is 5. The van der Waals surface area contributed by atoms with Crippen molar-refractivity contribution in [2.45, 2.75) is 38.6 Å². The van der Waals surface area contributed by atoms with Gasteiger partial charge in [-0.3, -0.25) is 4.79 Å². The van der Waals surface area contributed by atoms with Crippen LogP contribution in [0.1, 0.15) is 36.3 Å². The summed E-state index contributed by atoms with van der Waals surface area (Å²) in [5, 5.41) is -0.292. The molecule has 13 heteroatoms. The van der Waals surface area contributed by atoms with Crippen LogP contribution in [0, 0.1) is 0 Å². The maximum atomic E-state index is 13.6. The monoisotopic (exact) mass is 528 g/mol. The minimum Gasteiger partial charge on any atom is -0.444 e. The van der Waals surface area contributed by atoms with Crippen molar-refractivity contribution in [1.82, 2.24) is 14.8 Å². The lowest BCUT2D eigenvalue weighted by Gasteiger charge is -2.43. The molecule has 1 aliphatic rings. The van der Waals surface area contributed by atoms with Crippen molar-refractivity contribution in [3.63, 3.8) is 0 Å². The first-order valence-electron chi connectivity index (χ1n) is 11.3. The van der Waals surface area contributed by atoms with Gasteiger partial charge in [-0.2, -0.15) is 13.2 Å². The third kappa shape index (κ3) is 6.65. The number of aromatic nitrogens is 1. The number of benzene rings is 1. The smallest absolute Gasteiger partial charge is 0.443 e. The number of hydrazine groups is 1. The van der Waals surface area contributed by atoms with Crippen LogP contribution in [-0.4, -0.2) is 78.7 Å². The number of hydrogen-bond donors (Lipinski definition) is 1. The number of carbonyl (C=O) groups excluding carboxylic acids is 2. The Kier molecular flexibility index (Phi) is 8.16. The number of nitrogens with two attached hydrogens (primary N) is 1. The molecular formula is C23H31F3N6O3S. The number of anilines is 2. The van der Waals surface area contributed by atoms with Crippen molar-refractivity contribution in [3.05, 3.63) is 41.0 Å². The molecule has 2 N–H and O–H groups in total. The molecule has 9 nitrogen and oxygen atoms in total. The molecule has 1 saturated heterocycles. The van der Waals surface area contributed by atoms with Crippen molar-refractivity contribution >= 4 is 34.0 Å². The van der Waals surface area contributed by atoms with Crippen molar-refractivity contribution in [1.29, 1.82) is 0 Å². The molecule has 0 aliphatic carbocycles. The number of halogens is 3. The van der Waals surface area contributed by atoms with Crippen molar-refractivity contribution in [2.24, 2.45) is 5.84 Å². The molecule has 2 amide bonds. The van der Waals surface area contributed by atoms with Gasteiger partial charge in [0.1, 0.15) is 10.6 Å². The van der Waals surface area contributed by atoms with E-state index in [0.29, 0.717) is 23.6 Å². The maximum absolute atomic E-state index is 13.6. The van der Waals surface area contributed by atoms with Crippen LogP contribution in [0.2, 0.25) is 0 Å². The number of likely N-dealkylation sites (N-methyl/N-ethyl adjacent to an activating group) is 1. The second-order valence-electron chi connectivity index (χ2n) is 9.72. The highest BCUT2D eigenvalue weighted by Crippen LogP contribution is 2.40. The summed E-state index contributed by atoms with van der Waals surface area (Å²) < 4.78 is 46.4. The summed E-state index contributed by atoms with van der Waals surface area (Å²) in [7, 11) is 3.67. The topological polar surface area (TPSA) is 95.2 Å². The molecule has 2 aromatic rings. The summed E-state index contributed by atoms with van der Waals surface area (Å²) in [6.07, 6.45) is -5.23. The summed E-state index contributed by atoms with van der Waals surface area (Å²) in [6, 6.07) is 7.79. The van der Waals surface area contributed by atoms with E-state index in [2.05, 4.69) is 4.98 Å². The normalized spacial score (nSPS) is 16.9. The van der Waals surface area contributed by atoms with Crippen LogP contribution < -0.4 is 15.8 Å². The fourth-order valence-corrected chi connectivity index (χ4v) is 4.75. The van der Waals surface area contributed by atoms with E-state index >= 15 is 0 Å². The van der Waals surface area contributed by atoms with Gasteiger partial charge in [-0.15, -0.1) is 0 Å². The number of amides is 2. The quantitative estimate of drug-likeness (QED) is 0.360. The van der Waals surface area contributed by atoms with Crippen molar-refractivity contribution in [3.8, 4) is 0 Å². The Hall–Kier alpha value is -2.90. The summed E-state index contributed by atoms with van der Waals surface area (Å²) in [4.78, 5) is 34.8. The number of para-hydroxylation sites is 1. The van der Waals surface area contributed by atoms with Gasteiger partial charge in [-0.05, 0) is 47.0 Å². The molecule has 36 heavy (non-hydrogen) atoms. The average Bonchev–Trinajstić information content (AvgIpc) is 3.23. The Bertz CT molecular complexity index is 1070. The van der Waals surface area contributed by atoms with E-state index in [4.69, 9.17) is 10.6 Å². The van der Waals surface area contributed by atoms with Crippen LogP contribution >= 0.6 is 11.3 Å². The fraction of sp³-hybridized carbons (Fsp3) is 0.522. The predicted molar refractivity (Wildman–Crippen MR) is 132 cm³/mol. The number of piperazine rings is 1. The van der Waals surface area contributed by atoms with Gasteiger partial charge in [0.15, 0.2) is 5.69 Å². The SMILES string of the molecule is CN(C)CC1CN(c2sc(C(F)(F)F)nc2C(=O)N(N)c2ccccc2)CCN1C(=O)OC(C)(C)C. The molecule has 0 bridgehead atoms. The van der Waals surface area contributed by atoms with Crippen LogP contribution in [0.25, 0.3) is 0 Å². The van der Waals surface area contributed by atoms with E-state index in [1.54, 1.807) is 60.9 Å². The highest BCUT2D eigenvalue weighted by molar-refractivity contribution is 7.16. The molecule has 1 fully saturated rings. The number of hydrogen-bond acceptors (Lipinski definition) is 8. The van der Waals surface area contributed by atoms with E-state index in [-0.39, 0.29) is 30.3 Å². The lowest BCUT2D eigenvalue weighted by molar-refractivity contribution is -0.137. The summed E-state index contributed by atoms with van der Waals surface area (Å²) >= 11 is 0.393. The predicted octanol–water partition coefficient (Wildman–Crippen LogP) is 3.67. The molecule has 2 heterocycles. The van der Waals surface area contributed by atoms with Gasteiger partial charge in [0.05, 0.1) is 11.7 Å². The molecule has 0 spiro atoms. The summed E-state index contributed by atoms with van der Waals surface area (Å²) in [5.41, 5.74) is -0.763. The standard InChI is InChI=1S/C23H31F3N6O3S/c1-22(2,3)35-21(34)31-12-11-30(14-16(31)13-29(4)5)19-17(28-20(36-19)23(24,25)26)18(33)32(27)15-9-7-6-8-10-15/h6-10,16H,11-14,27H2,1-5H3. The molecule has 198 valence electrons. The van der Waals surface area contributed by atoms with Gasteiger partial charge in [0, 0.05) is 26.2 Å². The molecule has 1 aromatic heterocycles. The van der Waals surface area contributed by atoms with Crippen LogP contribution in [0.15, 0.2) is 30.3 Å². The van der Waals surface area contributed by atoms with Crippen molar-refractivity contribution < 1.29 is 27.5 Å². The Labute approximate surface area is 212 Å². The lowest BCUT2D eigenvalue weighted by atomic mass is 10.1. The minimum atomic E-state index is -4.73. The zero-order valence-corrected chi connectivity index (χ0v) is 21.7. The molecule has 0 saturated carbocycles. The Morgan fingerprint density at radius 3 is 2.36 bits per heavy atom.